The molecule has 1 aliphatic rings. The van der Waals surface area contributed by atoms with Gasteiger partial charge in [-0.05, 0) is 30.1 Å². The van der Waals surface area contributed by atoms with Crippen molar-refractivity contribution in [2.24, 2.45) is 16.7 Å². The van der Waals surface area contributed by atoms with Crippen LogP contribution in [0.1, 0.15) is 86.3 Å². The Kier molecular flexibility index (Phi) is 8.77. The van der Waals surface area contributed by atoms with Gasteiger partial charge in [-0.3, -0.25) is 24.0 Å². The van der Waals surface area contributed by atoms with Crippen molar-refractivity contribution in [3.8, 4) is 0 Å². The third-order valence-electron chi connectivity index (χ3n) is 6.85. The van der Waals surface area contributed by atoms with Gasteiger partial charge in [0.15, 0.2) is 11.5 Å². The monoisotopic (exact) mass is 590 g/mol. The van der Waals surface area contributed by atoms with Gasteiger partial charge in [-0.25, -0.2) is 0 Å². The SMILES string of the molecule is CC(C)(C)CN(CC(=O)c1c(Cl)cncc1Cl)C(=O)c1cnn([C@@H]2CC[C@@H](C(=O)O)C(C)(C)C2)c1C(F)(F)F. The average Bonchev–Trinajstić information content (AvgIpc) is 3.22. The number of Topliss-reactive ketones (excluding diaryl/α,β-unsaturated/α-hetero) is 1. The molecule has 39 heavy (non-hydrogen) atoms. The summed E-state index contributed by atoms with van der Waals surface area (Å²) in [4.78, 5) is 43.3. The van der Waals surface area contributed by atoms with Crippen LogP contribution in [-0.4, -0.2) is 55.5 Å². The van der Waals surface area contributed by atoms with Gasteiger partial charge < -0.3 is 10.0 Å². The Morgan fingerprint density at radius 2 is 1.69 bits per heavy atom. The molecule has 1 amide bonds. The van der Waals surface area contributed by atoms with E-state index in [4.69, 9.17) is 23.2 Å². The van der Waals surface area contributed by atoms with Crippen LogP contribution in [-0.2, 0) is 11.0 Å². The summed E-state index contributed by atoms with van der Waals surface area (Å²) in [5.74, 6) is -3.38. The molecule has 3 rings (SSSR count). The second-order valence-electron chi connectivity index (χ2n) is 11.8. The van der Waals surface area contributed by atoms with Gasteiger partial charge >= 0.3 is 12.1 Å². The second-order valence-corrected chi connectivity index (χ2v) is 12.6. The predicted octanol–water partition coefficient (Wildman–Crippen LogP) is 6.43. The highest BCUT2D eigenvalue weighted by Gasteiger charge is 2.47. The van der Waals surface area contributed by atoms with Crippen LogP contribution >= 0.6 is 23.2 Å². The fraction of sp³-hybridized carbons (Fsp3) is 0.577. The predicted molar refractivity (Wildman–Crippen MR) is 139 cm³/mol. The number of hydrogen-bond acceptors (Lipinski definition) is 5. The highest BCUT2D eigenvalue weighted by atomic mass is 35.5. The number of hydrogen-bond donors (Lipinski definition) is 1. The summed E-state index contributed by atoms with van der Waals surface area (Å²) >= 11 is 12.2. The van der Waals surface area contributed by atoms with Crippen molar-refractivity contribution in [3.05, 3.63) is 45.5 Å². The van der Waals surface area contributed by atoms with Crippen molar-refractivity contribution in [2.45, 2.75) is 66.1 Å². The first kappa shape index (κ1) is 30.9. The maximum atomic E-state index is 14.5. The number of nitrogens with zero attached hydrogens (tertiary/aromatic N) is 4. The van der Waals surface area contributed by atoms with E-state index in [1.165, 1.54) is 12.4 Å². The summed E-state index contributed by atoms with van der Waals surface area (Å²) in [6.07, 6.45) is -1.19. The molecule has 0 bridgehead atoms. The molecule has 2 aromatic heterocycles. The number of carboxylic acid groups (broad SMARTS) is 1. The van der Waals surface area contributed by atoms with E-state index in [9.17, 15) is 32.7 Å². The fourth-order valence-corrected chi connectivity index (χ4v) is 5.79. The molecule has 1 aliphatic carbocycles. The molecule has 2 heterocycles. The number of alkyl halides is 3. The minimum absolute atomic E-state index is 0.0426. The molecule has 0 unspecified atom stereocenters. The molecule has 0 spiro atoms. The number of carboxylic acids is 1. The number of rotatable bonds is 7. The van der Waals surface area contributed by atoms with Gasteiger partial charge in [0, 0.05) is 18.9 Å². The molecule has 2 atom stereocenters. The summed E-state index contributed by atoms with van der Waals surface area (Å²) in [6, 6.07) is -0.763. The van der Waals surface area contributed by atoms with Crippen LogP contribution in [0.3, 0.4) is 0 Å². The molecular weight excluding hydrogens is 560 g/mol. The third kappa shape index (κ3) is 6.92. The molecule has 0 aliphatic heterocycles. The third-order valence-corrected chi connectivity index (χ3v) is 7.42. The summed E-state index contributed by atoms with van der Waals surface area (Å²) < 4.78 is 44.2. The standard InChI is InChI=1S/C26H31Cl2F3N4O4/c1-24(2,3)13-34(12-19(36)20-17(27)10-32-11-18(20)28)22(37)15-9-33-35(21(15)26(29,30)31)14-6-7-16(23(38)39)25(4,5)8-14/h9-11,14,16H,6-8,12-13H2,1-5H3,(H,38,39)/t14-,16+/m1/s1. The molecule has 0 saturated heterocycles. The van der Waals surface area contributed by atoms with Crippen LogP contribution in [0, 0.1) is 16.7 Å². The first-order valence-electron chi connectivity index (χ1n) is 12.3. The van der Waals surface area contributed by atoms with E-state index in [2.05, 4.69) is 10.1 Å². The molecule has 1 fully saturated rings. The molecule has 0 aromatic carbocycles. The number of aliphatic carboxylic acids is 1. The maximum Gasteiger partial charge on any atom is 0.433 e. The van der Waals surface area contributed by atoms with Crippen molar-refractivity contribution in [2.75, 3.05) is 13.1 Å². The fourth-order valence-electron chi connectivity index (χ4n) is 5.22. The largest absolute Gasteiger partial charge is 0.481 e. The van der Waals surface area contributed by atoms with Crippen molar-refractivity contribution in [3.63, 3.8) is 0 Å². The second kappa shape index (κ2) is 11.1. The van der Waals surface area contributed by atoms with E-state index in [1.807, 2.05) is 0 Å². The van der Waals surface area contributed by atoms with E-state index in [0.29, 0.717) is 0 Å². The number of carbonyl (C=O) groups excluding carboxylic acids is 2. The maximum absolute atomic E-state index is 14.5. The summed E-state index contributed by atoms with van der Waals surface area (Å²) in [5.41, 5.74) is -3.36. The molecular formula is C26H31Cl2F3N4O4. The minimum Gasteiger partial charge on any atom is -0.481 e. The smallest absolute Gasteiger partial charge is 0.433 e. The Morgan fingerprint density at radius 1 is 1.10 bits per heavy atom. The highest BCUT2D eigenvalue weighted by Crippen LogP contribution is 2.47. The molecule has 214 valence electrons. The summed E-state index contributed by atoms with van der Waals surface area (Å²) in [6.45, 7) is 8.12. The molecule has 1 saturated carbocycles. The Bertz CT molecular complexity index is 1250. The van der Waals surface area contributed by atoms with E-state index in [1.54, 1.807) is 34.6 Å². The van der Waals surface area contributed by atoms with Crippen molar-refractivity contribution >= 4 is 40.9 Å². The Balaban J connectivity index is 2.02. The number of pyridine rings is 1. The van der Waals surface area contributed by atoms with Crippen LogP contribution in [0.4, 0.5) is 13.2 Å². The zero-order chi connectivity index (χ0) is 29.5. The van der Waals surface area contributed by atoms with Gasteiger partial charge in [0.2, 0.25) is 0 Å². The first-order chi connectivity index (χ1) is 17.8. The van der Waals surface area contributed by atoms with Gasteiger partial charge in [-0.2, -0.15) is 18.3 Å². The van der Waals surface area contributed by atoms with Crippen LogP contribution in [0.5, 0.6) is 0 Å². The van der Waals surface area contributed by atoms with E-state index >= 15 is 0 Å². The van der Waals surface area contributed by atoms with E-state index in [-0.39, 0.29) is 41.4 Å². The molecule has 1 N–H and O–H groups in total. The van der Waals surface area contributed by atoms with Crippen LogP contribution in [0.15, 0.2) is 18.6 Å². The van der Waals surface area contributed by atoms with Crippen LogP contribution in [0.25, 0.3) is 0 Å². The molecule has 13 heteroatoms. The average molecular weight is 591 g/mol. The lowest BCUT2D eigenvalue weighted by Gasteiger charge is -2.40. The van der Waals surface area contributed by atoms with Crippen LogP contribution in [0.2, 0.25) is 10.0 Å². The Hall–Kier alpha value is -2.66. The molecule has 0 radical (unpaired) electrons. The quantitative estimate of drug-likeness (QED) is 0.373. The summed E-state index contributed by atoms with van der Waals surface area (Å²) in [7, 11) is 0. The van der Waals surface area contributed by atoms with Gasteiger partial charge in [0.05, 0.1) is 45.9 Å². The van der Waals surface area contributed by atoms with Gasteiger partial charge in [0.1, 0.15) is 0 Å². The topological polar surface area (TPSA) is 105 Å². The van der Waals surface area contributed by atoms with E-state index in [0.717, 1.165) is 15.8 Å². The summed E-state index contributed by atoms with van der Waals surface area (Å²) in [5, 5.41) is 13.4. The number of ketones is 1. The van der Waals surface area contributed by atoms with Crippen molar-refractivity contribution < 1.29 is 32.7 Å². The van der Waals surface area contributed by atoms with Crippen molar-refractivity contribution in [1.82, 2.24) is 19.7 Å². The first-order valence-corrected chi connectivity index (χ1v) is 13.1. The zero-order valence-electron chi connectivity index (χ0n) is 22.3. The highest BCUT2D eigenvalue weighted by molar-refractivity contribution is 6.39. The Morgan fingerprint density at radius 3 is 2.18 bits per heavy atom. The van der Waals surface area contributed by atoms with Gasteiger partial charge in [-0.1, -0.05) is 57.8 Å². The lowest BCUT2D eigenvalue weighted by Crippen LogP contribution is -2.42. The van der Waals surface area contributed by atoms with Crippen LogP contribution < -0.4 is 0 Å². The number of carbonyl (C=O) groups is 3. The molecule has 8 nitrogen and oxygen atoms in total. The van der Waals surface area contributed by atoms with Gasteiger partial charge in [0.25, 0.3) is 5.91 Å². The number of halogens is 5. The normalized spacial score (nSPS) is 19.5. The van der Waals surface area contributed by atoms with Crippen molar-refractivity contribution in [1.29, 1.82) is 0 Å². The lowest BCUT2D eigenvalue weighted by molar-refractivity contribution is -0.151. The number of amides is 1. The number of aromatic nitrogens is 3. The lowest BCUT2D eigenvalue weighted by atomic mass is 9.67. The van der Waals surface area contributed by atoms with E-state index < -0.39 is 64.4 Å². The zero-order valence-corrected chi connectivity index (χ0v) is 23.8. The van der Waals surface area contributed by atoms with Gasteiger partial charge in [-0.15, -0.1) is 0 Å². The molecule has 2 aromatic rings. The minimum atomic E-state index is -4.94. The Labute approximate surface area is 234 Å².